The van der Waals surface area contributed by atoms with Crippen LogP contribution in [0.25, 0.3) is 0 Å². The second kappa shape index (κ2) is 3.44. The van der Waals surface area contributed by atoms with Gasteiger partial charge in [-0.1, -0.05) is 6.92 Å². The van der Waals surface area contributed by atoms with Gasteiger partial charge in [-0.2, -0.15) is 5.26 Å². The van der Waals surface area contributed by atoms with Crippen LogP contribution in [0.4, 0.5) is 4.79 Å². The molecule has 0 aromatic carbocycles. The van der Waals surface area contributed by atoms with Gasteiger partial charge in [-0.15, -0.1) is 0 Å². The molecule has 0 radical (unpaired) electrons. The fourth-order valence-corrected chi connectivity index (χ4v) is 1.41. The molecule has 1 aliphatic rings. The molecule has 70 valence electrons. The molecule has 5 heteroatoms. The Morgan fingerprint density at radius 2 is 2.31 bits per heavy atom. The van der Waals surface area contributed by atoms with E-state index in [0.29, 0.717) is 0 Å². The number of hydrogen-bond acceptors (Lipinski definition) is 3. The SMILES string of the molecule is CC1CN(C(=O)O)CC(C#N)C1=O. The average Bonchev–Trinajstić information content (AvgIpc) is 2.09. The summed E-state index contributed by atoms with van der Waals surface area (Å²) in [7, 11) is 0. The molecule has 0 spiro atoms. The Hall–Kier alpha value is -1.57. The molecule has 5 nitrogen and oxygen atoms in total. The van der Waals surface area contributed by atoms with Crippen molar-refractivity contribution >= 4 is 11.9 Å². The first-order valence-electron chi connectivity index (χ1n) is 3.97. The van der Waals surface area contributed by atoms with E-state index in [0.717, 1.165) is 4.90 Å². The third kappa shape index (κ3) is 1.78. The lowest BCUT2D eigenvalue weighted by Crippen LogP contribution is -2.47. The highest BCUT2D eigenvalue weighted by Crippen LogP contribution is 2.17. The Balaban J connectivity index is 2.76. The quantitative estimate of drug-likeness (QED) is 0.585. The van der Waals surface area contributed by atoms with Gasteiger partial charge in [0.2, 0.25) is 0 Å². The minimum absolute atomic E-state index is 0.00894. The number of Topliss-reactive ketones (excluding diaryl/α,β-unsaturated/α-hetero) is 1. The van der Waals surface area contributed by atoms with E-state index in [1.807, 2.05) is 6.07 Å². The van der Waals surface area contributed by atoms with Crippen LogP contribution in [0, 0.1) is 23.2 Å². The molecule has 13 heavy (non-hydrogen) atoms. The summed E-state index contributed by atoms with van der Waals surface area (Å²) in [5, 5.41) is 17.2. The standard InChI is InChI=1S/C8H10N2O3/c1-5-3-10(8(12)13)4-6(2-9)7(5)11/h5-6H,3-4H2,1H3,(H,12,13). The highest BCUT2D eigenvalue weighted by atomic mass is 16.4. The molecule has 1 N–H and O–H groups in total. The first-order valence-corrected chi connectivity index (χ1v) is 3.97. The third-order valence-corrected chi connectivity index (χ3v) is 2.15. The van der Waals surface area contributed by atoms with Crippen molar-refractivity contribution in [2.45, 2.75) is 6.92 Å². The van der Waals surface area contributed by atoms with Crippen LogP contribution in [0.5, 0.6) is 0 Å². The normalized spacial score (nSPS) is 28.3. The van der Waals surface area contributed by atoms with Gasteiger partial charge in [0.05, 0.1) is 6.07 Å². The molecule has 0 aliphatic carbocycles. The van der Waals surface area contributed by atoms with Crippen molar-refractivity contribution in [1.82, 2.24) is 4.90 Å². The zero-order chi connectivity index (χ0) is 10.0. The van der Waals surface area contributed by atoms with Crippen molar-refractivity contribution in [3.63, 3.8) is 0 Å². The van der Waals surface area contributed by atoms with Crippen molar-refractivity contribution in [1.29, 1.82) is 5.26 Å². The summed E-state index contributed by atoms with van der Waals surface area (Å²) >= 11 is 0. The summed E-state index contributed by atoms with van der Waals surface area (Å²) in [4.78, 5) is 23.0. The van der Waals surface area contributed by atoms with Gasteiger partial charge in [0.15, 0.2) is 5.78 Å². The van der Waals surface area contributed by atoms with Crippen molar-refractivity contribution < 1.29 is 14.7 Å². The molecule has 0 bridgehead atoms. The number of amides is 1. The number of rotatable bonds is 0. The van der Waals surface area contributed by atoms with Crippen LogP contribution in [0.2, 0.25) is 0 Å². The number of carbonyl (C=O) groups excluding carboxylic acids is 1. The molecule has 2 unspecified atom stereocenters. The number of nitriles is 1. The lowest BCUT2D eigenvalue weighted by atomic mass is 9.90. The Morgan fingerprint density at radius 3 is 2.77 bits per heavy atom. The van der Waals surface area contributed by atoms with Crippen LogP contribution >= 0.6 is 0 Å². The number of carboxylic acid groups (broad SMARTS) is 1. The van der Waals surface area contributed by atoms with Crippen molar-refractivity contribution in [2.75, 3.05) is 13.1 Å². The molecular weight excluding hydrogens is 172 g/mol. The van der Waals surface area contributed by atoms with E-state index in [9.17, 15) is 9.59 Å². The number of hydrogen-bond donors (Lipinski definition) is 1. The van der Waals surface area contributed by atoms with Crippen LogP contribution in [-0.2, 0) is 4.79 Å². The summed E-state index contributed by atoms with van der Waals surface area (Å²) in [6.07, 6.45) is -1.07. The van der Waals surface area contributed by atoms with E-state index in [4.69, 9.17) is 10.4 Å². The van der Waals surface area contributed by atoms with Crippen LogP contribution in [0.15, 0.2) is 0 Å². The Morgan fingerprint density at radius 1 is 1.69 bits per heavy atom. The summed E-state index contributed by atoms with van der Waals surface area (Å²) in [6.45, 7) is 1.85. The van der Waals surface area contributed by atoms with E-state index in [2.05, 4.69) is 0 Å². The van der Waals surface area contributed by atoms with E-state index in [1.165, 1.54) is 0 Å². The van der Waals surface area contributed by atoms with Crippen LogP contribution in [0.3, 0.4) is 0 Å². The van der Waals surface area contributed by atoms with Crippen LogP contribution < -0.4 is 0 Å². The Bertz CT molecular complexity index is 282. The summed E-state index contributed by atoms with van der Waals surface area (Å²) in [5.74, 6) is -1.31. The van der Waals surface area contributed by atoms with Crippen LogP contribution in [-0.4, -0.2) is 35.0 Å². The molecule has 1 amide bonds. The number of nitrogens with zero attached hydrogens (tertiary/aromatic N) is 2. The highest BCUT2D eigenvalue weighted by Gasteiger charge is 2.34. The van der Waals surface area contributed by atoms with Crippen LogP contribution in [0.1, 0.15) is 6.92 Å². The third-order valence-electron chi connectivity index (χ3n) is 2.15. The molecule has 1 fully saturated rings. The second-order valence-corrected chi connectivity index (χ2v) is 3.17. The fourth-order valence-electron chi connectivity index (χ4n) is 1.41. The van der Waals surface area contributed by atoms with Crippen molar-refractivity contribution in [3.05, 3.63) is 0 Å². The van der Waals surface area contributed by atoms with E-state index >= 15 is 0 Å². The number of ketones is 1. The number of piperidine rings is 1. The van der Waals surface area contributed by atoms with Gasteiger partial charge in [0, 0.05) is 19.0 Å². The molecule has 2 atom stereocenters. The first-order chi connectivity index (χ1) is 6.06. The summed E-state index contributed by atoms with van der Waals surface area (Å²) in [6, 6.07) is 1.81. The molecule has 1 saturated heterocycles. The lowest BCUT2D eigenvalue weighted by Gasteiger charge is -2.30. The first kappa shape index (κ1) is 9.52. The molecular formula is C8H10N2O3. The molecule has 1 aliphatic heterocycles. The number of likely N-dealkylation sites (tertiary alicyclic amines) is 1. The van der Waals surface area contributed by atoms with Gasteiger partial charge in [0.1, 0.15) is 5.92 Å². The van der Waals surface area contributed by atoms with Gasteiger partial charge < -0.3 is 10.0 Å². The van der Waals surface area contributed by atoms with E-state index in [1.54, 1.807) is 6.92 Å². The van der Waals surface area contributed by atoms with Crippen molar-refractivity contribution in [2.24, 2.45) is 11.8 Å². The molecule has 0 aromatic rings. The average molecular weight is 182 g/mol. The molecule has 0 aromatic heterocycles. The van der Waals surface area contributed by atoms with E-state index in [-0.39, 0.29) is 24.8 Å². The highest BCUT2D eigenvalue weighted by molar-refractivity contribution is 5.87. The molecule has 0 saturated carbocycles. The van der Waals surface area contributed by atoms with Crippen molar-refractivity contribution in [3.8, 4) is 6.07 Å². The monoisotopic (exact) mass is 182 g/mol. The lowest BCUT2D eigenvalue weighted by molar-refractivity contribution is -0.127. The minimum atomic E-state index is -1.07. The van der Waals surface area contributed by atoms with Gasteiger partial charge in [-0.25, -0.2) is 4.79 Å². The predicted molar refractivity (Wildman–Crippen MR) is 42.9 cm³/mol. The van der Waals surface area contributed by atoms with E-state index < -0.39 is 12.0 Å². The maximum atomic E-state index is 11.3. The molecule has 1 rings (SSSR count). The zero-order valence-corrected chi connectivity index (χ0v) is 7.23. The Labute approximate surface area is 75.6 Å². The summed E-state index contributed by atoms with van der Waals surface area (Å²) < 4.78 is 0. The second-order valence-electron chi connectivity index (χ2n) is 3.17. The molecule has 1 heterocycles. The maximum Gasteiger partial charge on any atom is 0.407 e. The Kier molecular flexibility index (Phi) is 2.52. The largest absolute Gasteiger partial charge is 0.465 e. The number of carbonyl (C=O) groups is 2. The fraction of sp³-hybridized carbons (Fsp3) is 0.625. The zero-order valence-electron chi connectivity index (χ0n) is 7.23. The van der Waals surface area contributed by atoms with Gasteiger partial charge in [-0.05, 0) is 0 Å². The van der Waals surface area contributed by atoms with Gasteiger partial charge in [0.25, 0.3) is 0 Å². The summed E-state index contributed by atoms with van der Waals surface area (Å²) in [5.41, 5.74) is 0. The minimum Gasteiger partial charge on any atom is -0.465 e. The smallest absolute Gasteiger partial charge is 0.407 e. The predicted octanol–water partition coefficient (Wildman–Crippen LogP) is 0.325. The van der Waals surface area contributed by atoms with Gasteiger partial charge >= 0.3 is 6.09 Å². The maximum absolute atomic E-state index is 11.3. The van der Waals surface area contributed by atoms with Gasteiger partial charge in [-0.3, -0.25) is 4.79 Å². The topological polar surface area (TPSA) is 81.4 Å².